The van der Waals surface area contributed by atoms with E-state index in [9.17, 15) is 4.79 Å². The first-order valence-corrected chi connectivity index (χ1v) is 9.91. The van der Waals surface area contributed by atoms with Gasteiger partial charge in [-0.2, -0.15) is 0 Å². The molecule has 0 bridgehead atoms. The summed E-state index contributed by atoms with van der Waals surface area (Å²) in [6, 6.07) is 0. The fraction of sp³-hybridized carbons (Fsp3) is 0.947. The van der Waals surface area contributed by atoms with Crippen molar-refractivity contribution in [1.29, 1.82) is 0 Å². The Bertz CT molecular complexity index is 314. The zero-order valence-corrected chi connectivity index (χ0v) is 15.8. The number of aliphatic hydroxyl groups is 3. The molecule has 0 aliphatic rings. The van der Waals surface area contributed by atoms with Crippen molar-refractivity contribution in [2.75, 3.05) is 6.61 Å². The maximum atomic E-state index is 10.7. The predicted molar refractivity (Wildman–Crippen MR) is 97.1 cm³/mol. The van der Waals surface area contributed by atoms with Crippen LogP contribution in [0.3, 0.4) is 0 Å². The molecular formula is C19H38O6. The molecule has 0 aromatic carbocycles. The van der Waals surface area contributed by atoms with Crippen LogP contribution in [0.2, 0.25) is 0 Å². The van der Waals surface area contributed by atoms with E-state index in [0.717, 1.165) is 19.3 Å². The Balaban J connectivity index is 3.32. The summed E-state index contributed by atoms with van der Waals surface area (Å²) in [5.74, 6) is -4.94. The maximum absolute atomic E-state index is 10.7. The first-order chi connectivity index (χ1) is 11.9. The highest BCUT2D eigenvalue weighted by molar-refractivity contribution is 5.73. The zero-order valence-electron chi connectivity index (χ0n) is 15.8. The second-order valence-electron chi connectivity index (χ2n) is 6.87. The lowest BCUT2D eigenvalue weighted by molar-refractivity contribution is -0.355. The van der Waals surface area contributed by atoms with Gasteiger partial charge >= 0.3 is 11.9 Å². The number of aliphatic carboxylic acids is 1. The highest BCUT2D eigenvalue weighted by Crippen LogP contribution is 2.13. The Morgan fingerprint density at radius 2 is 1.12 bits per heavy atom. The van der Waals surface area contributed by atoms with E-state index in [2.05, 4.69) is 6.92 Å². The van der Waals surface area contributed by atoms with E-state index < -0.39 is 18.0 Å². The van der Waals surface area contributed by atoms with Gasteiger partial charge in [-0.15, -0.1) is 0 Å². The monoisotopic (exact) mass is 362 g/mol. The minimum absolute atomic E-state index is 0.0818. The van der Waals surface area contributed by atoms with Crippen LogP contribution in [0.25, 0.3) is 0 Å². The molecule has 0 amide bonds. The van der Waals surface area contributed by atoms with Gasteiger partial charge in [0.2, 0.25) is 6.10 Å². The largest absolute Gasteiger partial charge is 0.479 e. The molecule has 25 heavy (non-hydrogen) atoms. The molecular weight excluding hydrogens is 324 g/mol. The molecule has 0 spiro atoms. The second-order valence-corrected chi connectivity index (χ2v) is 6.87. The van der Waals surface area contributed by atoms with Crippen molar-refractivity contribution in [3.63, 3.8) is 0 Å². The average Bonchev–Trinajstić information content (AvgIpc) is 2.53. The van der Waals surface area contributed by atoms with E-state index in [4.69, 9.17) is 25.2 Å². The van der Waals surface area contributed by atoms with E-state index in [-0.39, 0.29) is 6.61 Å². The Morgan fingerprint density at radius 1 is 0.760 bits per heavy atom. The van der Waals surface area contributed by atoms with Gasteiger partial charge in [0.25, 0.3) is 0 Å². The molecule has 0 radical (unpaired) electrons. The molecule has 0 heterocycles. The van der Waals surface area contributed by atoms with Gasteiger partial charge < -0.3 is 25.2 Å². The number of unbranched alkanes of at least 4 members (excludes halogenated alkanes) is 13. The van der Waals surface area contributed by atoms with Crippen molar-refractivity contribution in [1.82, 2.24) is 0 Å². The Morgan fingerprint density at radius 3 is 1.44 bits per heavy atom. The quantitative estimate of drug-likeness (QED) is 0.219. The SMILES string of the molecule is CCCCCCCCCCCCCCCCOC(C(=O)O)C(O)(O)O. The van der Waals surface area contributed by atoms with Gasteiger partial charge in [0.15, 0.2) is 0 Å². The molecule has 150 valence electrons. The van der Waals surface area contributed by atoms with E-state index in [0.29, 0.717) is 6.42 Å². The summed E-state index contributed by atoms with van der Waals surface area (Å²) in [6.07, 6.45) is 15.0. The molecule has 0 aliphatic carbocycles. The van der Waals surface area contributed by atoms with E-state index in [1.54, 1.807) is 0 Å². The fourth-order valence-electron chi connectivity index (χ4n) is 2.85. The van der Waals surface area contributed by atoms with Crippen LogP contribution in [0.1, 0.15) is 96.8 Å². The number of ether oxygens (including phenoxy) is 1. The standard InChI is InChI=1S/C19H38O6/c1-2-3-4-5-6-7-8-9-10-11-12-13-14-15-16-25-17(18(20)21)19(22,23)24/h17,22-24H,2-16H2,1H3,(H,20,21). The minimum atomic E-state index is -3.35. The maximum Gasteiger partial charge on any atom is 0.341 e. The third kappa shape index (κ3) is 15.3. The average molecular weight is 363 g/mol. The lowest BCUT2D eigenvalue weighted by Gasteiger charge is -2.22. The Hall–Kier alpha value is -0.690. The molecule has 6 nitrogen and oxygen atoms in total. The van der Waals surface area contributed by atoms with Crippen LogP contribution in [0.5, 0.6) is 0 Å². The predicted octanol–water partition coefficient (Wildman–Crippen LogP) is 3.57. The molecule has 1 atom stereocenters. The number of hydrogen-bond acceptors (Lipinski definition) is 5. The van der Waals surface area contributed by atoms with Crippen LogP contribution in [0.4, 0.5) is 0 Å². The normalized spacial score (nSPS) is 13.1. The number of carboxylic acid groups (broad SMARTS) is 1. The van der Waals surface area contributed by atoms with Crippen LogP contribution in [-0.4, -0.2) is 45.1 Å². The van der Waals surface area contributed by atoms with E-state index >= 15 is 0 Å². The van der Waals surface area contributed by atoms with Crippen LogP contribution < -0.4 is 0 Å². The van der Waals surface area contributed by atoms with Gasteiger partial charge in [0.05, 0.1) is 0 Å². The van der Waals surface area contributed by atoms with Gasteiger partial charge in [0, 0.05) is 6.61 Å². The Labute approximate surface area is 152 Å². The molecule has 4 N–H and O–H groups in total. The number of carboxylic acids is 1. The first kappa shape index (κ1) is 24.3. The van der Waals surface area contributed by atoms with Crippen LogP contribution in [0.15, 0.2) is 0 Å². The topological polar surface area (TPSA) is 107 Å². The van der Waals surface area contributed by atoms with Gasteiger partial charge in [-0.1, -0.05) is 90.4 Å². The first-order valence-electron chi connectivity index (χ1n) is 9.91. The molecule has 0 aromatic rings. The summed E-state index contributed by atoms with van der Waals surface area (Å²) in [6.45, 7) is 2.32. The van der Waals surface area contributed by atoms with Crippen molar-refractivity contribution >= 4 is 5.97 Å². The zero-order chi connectivity index (χ0) is 19.0. The van der Waals surface area contributed by atoms with Crippen molar-refractivity contribution < 1.29 is 30.0 Å². The molecule has 0 rings (SSSR count). The molecule has 0 saturated heterocycles. The van der Waals surface area contributed by atoms with Crippen LogP contribution in [0, 0.1) is 0 Å². The third-order valence-corrected chi connectivity index (χ3v) is 4.36. The van der Waals surface area contributed by atoms with Crippen molar-refractivity contribution in [2.45, 2.75) is 109 Å². The lowest BCUT2D eigenvalue weighted by Crippen LogP contribution is -2.48. The third-order valence-electron chi connectivity index (χ3n) is 4.36. The van der Waals surface area contributed by atoms with E-state index in [1.165, 1.54) is 64.2 Å². The molecule has 0 fully saturated rings. The smallest absolute Gasteiger partial charge is 0.341 e. The number of rotatable bonds is 18. The van der Waals surface area contributed by atoms with Gasteiger partial charge in [-0.25, -0.2) is 4.79 Å². The summed E-state index contributed by atoms with van der Waals surface area (Å²) < 4.78 is 4.83. The summed E-state index contributed by atoms with van der Waals surface area (Å²) in [7, 11) is 0. The summed E-state index contributed by atoms with van der Waals surface area (Å²) >= 11 is 0. The Kier molecular flexibility index (Phi) is 15.1. The molecule has 0 aliphatic heterocycles. The highest BCUT2D eigenvalue weighted by Gasteiger charge is 2.39. The number of carbonyl (C=O) groups is 1. The van der Waals surface area contributed by atoms with Gasteiger partial charge in [0.1, 0.15) is 0 Å². The lowest BCUT2D eigenvalue weighted by atomic mass is 10.0. The molecule has 0 aromatic heterocycles. The molecule has 1 unspecified atom stereocenters. The summed E-state index contributed by atoms with van der Waals surface area (Å²) in [5.41, 5.74) is 0. The van der Waals surface area contributed by atoms with E-state index in [1.807, 2.05) is 0 Å². The van der Waals surface area contributed by atoms with Crippen molar-refractivity contribution in [3.8, 4) is 0 Å². The molecule has 0 saturated carbocycles. The van der Waals surface area contributed by atoms with Crippen LogP contribution >= 0.6 is 0 Å². The van der Waals surface area contributed by atoms with Crippen molar-refractivity contribution in [3.05, 3.63) is 0 Å². The minimum Gasteiger partial charge on any atom is -0.479 e. The highest BCUT2D eigenvalue weighted by atomic mass is 16.7. The summed E-state index contributed by atoms with van der Waals surface area (Å²) in [5, 5.41) is 35.3. The molecule has 6 heteroatoms. The fourth-order valence-corrected chi connectivity index (χ4v) is 2.85. The second kappa shape index (κ2) is 15.6. The van der Waals surface area contributed by atoms with Gasteiger partial charge in [-0.05, 0) is 6.42 Å². The van der Waals surface area contributed by atoms with Gasteiger partial charge in [-0.3, -0.25) is 0 Å². The van der Waals surface area contributed by atoms with Crippen LogP contribution in [-0.2, 0) is 9.53 Å². The number of hydrogen-bond donors (Lipinski definition) is 4. The summed E-state index contributed by atoms with van der Waals surface area (Å²) in [4.78, 5) is 10.7. The van der Waals surface area contributed by atoms with Crippen molar-refractivity contribution in [2.24, 2.45) is 0 Å².